The van der Waals surface area contributed by atoms with Gasteiger partial charge in [-0.15, -0.1) is 0 Å². The molecule has 18 heteroatoms. The lowest BCUT2D eigenvalue weighted by atomic mass is 9.86. The molecule has 0 unspecified atom stereocenters. The van der Waals surface area contributed by atoms with Crippen LogP contribution in [0.3, 0.4) is 0 Å². The molecule has 0 saturated heterocycles. The van der Waals surface area contributed by atoms with E-state index in [4.69, 9.17) is 29.4 Å². The van der Waals surface area contributed by atoms with Crippen LogP contribution in [0.15, 0.2) is 0 Å². The first-order valence-electron chi connectivity index (χ1n) is 5.74. The Labute approximate surface area is 132 Å². The van der Waals surface area contributed by atoms with Crippen LogP contribution in [0.1, 0.15) is 0 Å². The second kappa shape index (κ2) is 7.43. The number of aliphatic hydroxyl groups is 2. The van der Waals surface area contributed by atoms with Crippen LogP contribution in [-0.2, 0) is 27.3 Å². The van der Waals surface area contributed by atoms with Gasteiger partial charge in [-0.1, -0.05) is 0 Å². The van der Waals surface area contributed by atoms with E-state index in [1.54, 1.807) is 0 Å². The zero-order valence-electron chi connectivity index (χ0n) is 11.2. The number of aliphatic hydroxyl groups excluding tert-OH is 2. The van der Waals surface area contributed by atoms with Crippen molar-refractivity contribution in [3.8, 4) is 0 Å². The molecule has 1 rings (SSSR count). The smallest absolute Gasteiger partial charge is 0.387 e. The molecule has 1 saturated carbocycles. The number of phosphoric ester groups is 3. The summed E-state index contributed by atoms with van der Waals surface area (Å²) in [4.78, 5) is 52.1. The second-order valence-electron chi connectivity index (χ2n) is 4.61. The molecule has 144 valence electrons. The molecule has 0 heterocycles. The zero-order valence-corrected chi connectivity index (χ0v) is 13.9. The zero-order chi connectivity index (χ0) is 19.1. The van der Waals surface area contributed by atoms with E-state index in [-0.39, 0.29) is 0 Å². The third-order valence-corrected chi connectivity index (χ3v) is 4.30. The van der Waals surface area contributed by atoms with Gasteiger partial charge in [0.1, 0.15) is 30.5 Å². The van der Waals surface area contributed by atoms with E-state index in [2.05, 4.69) is 13.6 Å². The van der Waals surface area contributed by atoms with Crippen molar-refractivity contribution < 1.29 is 71.2 Å². The molecule has 0 aromatic carbocycles. The Bertz CT molecular complexity index is 579. The maximum absolute atomic E-state index is 14.1. The molecule has 0 bridgehead atoms. The lowest BCUT2D eigenvalue weighted by molar-refractivity contribution is -0.195. The number of hydrogen-bond donors (Lipinski definition) is 8. The van der Waals surface area contributed by atoms with Gasteiger partial charge in [-0.2, -0.15) is 0 Å². The van der Waals surface area contributed by atoms with E-state index in [9.17, 15) is 28.3 Å². The number of phosphoric acid groups is 3. The number of halogens is 1. The monoisotopic (exact) mass is 422 g/mol. The van der Waals surface area contributed by atoms with E-state index in [1.807, 2.05) is 0 Å². The molecule has 0 aromatic rings. The van der Waals surface area contributed by atoms with E-state index < -0.39 is 60.2 Å². The van der Waals surface area contributed by atoms with Crippen molar-refractivity contribution in [2.45, 2.75) is 36.7 Å². The lowest BCUT2D eigenvalue weighted by Gasteiger charge is -2.43. The Kier molecular flexibility index (Phi) is 6.88. The summed E-state index contributed by atoms with van der Waals surface area (Å²) >= 11 is 0. The van der Waals surface area contributed by atoms with Crippen LogP contribution < -0.4 is 0 Å². The van der Waals surface area contributed by atoms with Crippen molar-refractivity contribution in [2.75, 3.05) is 0 Å². The summed E-state index contributed by atoms with van der Waals surface area (Å²) in [6.45, 7) is 0. The largest absolute Gasteiger partial charge is 0.470 e. The Morgan fingerprint density at radius 2 is 0.958 bits per heavy atom. The Balaban J connectivity index is 3.23. The van der Waals surface area contributed by atoms with Crippen molar-refractivity contribution in [1.82, 2.24) is 0 Å². The van der Waals surface area contributed by atoms with Crippen molar-refractivity contribution in [1.29, 1.82) is 0 Å². The van der Waals surface area contributed by atoms with E-state index in [0.29, 0.717) is 0 Å². The minimum atomic E-state index is -5.49. The lowest BCUT2D eigenvalue weighted by Crippen LogP contribution is -2.63. The fraction of sp³-hybridized carbons (Fsp3) is 1.00. The SMILES string of the molecule is O=P(O)(O)O[C@@H]1[C@H](O)[C@H](F)[C@@H](OP(=O)(O)O)[C@H](OP(=O)(O)O)[C@H]1O. The highest BCUT2D eigenvalue weighted by atomic mass is 31.2. The molecule has 6 atom stereocenters. The normalized spacial score (nSPS) is 35.9. The van der Waals surface area contributed by atoms with Gasteiger partial charge in [-0.25, -0.2) is 18.1 Å². The van der Waals surface area contributed by atoms with Crippen molar-refractivity contribution in [3.05, 3.63) is 0 Å². The van der Waals surface area contributed by atoms with Crippen LogP contribution >= 0.6 is 23.5 Å². The Morgan fingerprint density at radius 1 is 0.625 bits per heavy atom. The van der Waals surface area contributed by atoms with Gasteiger partial charge in [-0.05, 0) is 0 Å². The summed E-state index contributed by atoms with van der Waals surface area (Å²) in [5.41, 5.74) is 0. The number of hydrogen-bond acceptors (Lipinski definition) is 8. The summed E-state index contributed by atoms with van der Waals surface area (Å²) in [7, 11) is -16.4. The summed E-state index contributed by atoms with van der Waals surface area (Å²) in [6.07, 6.45) is -15.6. The van der Waals surface area contributed by atoms with Gasteiger partial charge in [0, 0.05) is 0 Å². The summed E-state index contributed by atoms with van der Waals surface area (Å²) in [6, 6.07) is 0. The van der Waals surface area contributed by atoms with Crippen LogP contribution in [0.2, 0.25) is 0 Å². The second-order valence-corrected chi connectivity index (χ2v) is 8.18. The van der Waals surface area contributed by atoms with Crippen LogP contribution in [0.25, 0.3) is 0 Å². The van der Waals surface area contributed by atoms with Crippen LogP contribution in [0.5, 0.6) is 0 Å². The average Bonchev–Trinajstić information content (AvgIpc) is 2.32. The molecular formula is C6H14FO14P3. The maximum Gasteiger partial charge on any atom is 0.470 e. The standard InChI is InChI=1S/C6H14FO14P3/c7-1-2(8)5(20-23(13,14)15)3(9)6(21-24(16,17)18)4(1)19-22(10,11)12/h1-6,8-9H,(H2,10,11,12)(H2,13,14,15)(H2,16,17,18)/t1-,2+,3-,4+,5+,6+/m0/s1. The van der Waals surface area contributed by atoms with Gasteiger partial charge in [0.15, 0.2) is 6.17 Å². The van der Waals surface area contributed by atoms with Crippen molar-refractivity contribution >= 4 is 23.5 Å². The molecule has 0 amide bonds. The predicted molar refractivity (Wildman–Crippen MR) is 67.7 cm³/mol. The highest BCUT2D eigenvalue weighted by molar-refractivity contribution is 7.46. The predicted octanol–water partition coefficient (Wildman–Crippen LogP) is -2.51. The van der Waals surface area contributed by atoms with Crippen molar-refractivity contribution in [3.63, 3.8) is 0 Å². The van der Waals surface area contributed by atoms with Gasteiger partial charge in [0.25, 0.3) is 0 Å². The van der Waals surface area contributed by atoms with Crippen molar-refractivity contribution in [2.24, 2.45) is 0 Å². The van der Waals surface area contributed by atoms with Crippen LogP contribution in [0, 0.1) is 0 Å². The summed E-state index contributed by atoms with van der Waals surface area (Å²) in [5, 5.41) is 19.4. The Hall–Kier alpha value is 0.180. The minimum Gasteiger partial charge on any atom is -0.387 e. The van der Waals surface area contributed by atoms with Gasteiger partial charge in [0.2, 0.25) is 0 Å². The fourth-order valence-corrected chi connectivity index (χ4v) is 3.66. The van der Waals surface area contributed by atoms with Gasteiger partial charge >= 0.3 is 23.5 Å². The first-order valence-corrected chi connectivity index (χ1v) is 10.3. The maximum atomic E-state index is 14.1. The minimum absolute atomic E-state index is 2.45. The molecule has 1 fully saturated rings. The summed E-state index contributed by atoms with van der Waals surface area (Å²) < 4.78 is 58.4. The average molecular weight is 422 g/mol. The Morgan fingerprint density at radius 3 is 1.33 bits per heavy atom. The molecular weight excluding hydrogens is 408 g/mol. The number of rotatable bonds is 6. The summed E-state index contributed by atoms with van der Waals surface area (Å²) in [5.74, 6) is 0. The fourth-order valence-electron chi connectivity index (χ4n) is 1.98. The molecule has 8 N–H and O–H groups in total. The van der Waals surface area contributed by atoms with E-state index in [0.717, 1.165) is 0 Å². The molecule has 24 heavy (non-hydrogen) atoms. The number of alkyl halides is 1. The first-order chi connectivity index (χ1) is 10.5. The topological polar surface area (TPSA) is 241 Å². The highest BCUT2D eigenvalue weighted by Gasteiger charge is 2.57. The third kappa shape index (κ3) is 6.48. The first kappa shape index (κ1) is 22.2. The quantitative estimate of drug-likeness (QED) is 0.206. The molecule has 0 radical (unpaired) electrons. The molecule has 1 aliphatic rings. The molecule has 1 aliphatic carbocycles. The van der Waals surface area contributed by atoms with E-state index >= 15 is 0 Å². The van der Waals surface area contributed by atoms with Gasteiger partial charge in [0.05, 0.1) is 0 Å². The van der Waals surface area contributed by atoms with Crippen LogP contribution in [-0.4, -0.2) is 76.3 Å². The van der Waals surface area contributed by atoms with Gasteiger partial charge < -0.3 is 39.6 Å². The van der Waals surface area contributed by atoms with Crippen LogP contribution in [0.4, 0.5) is 4.39 Å². The molecule has 0 aliphatic heterocycles. The molecule has 0 spiro atoms. The van der Waals surface area contributed by atoms with Gasteiger partial charge in [-0.3, -0.25) is 13.6 Å². The van der Waals surface area contributed by atoms with E-state index in [1.165, 1.54) is 0 Å². The third-order valence-electron chi connectivity index (χ3n) is 2.75. The highest BCUT2D eigenvalue weighted by Crippen LogP contribution is 2.49. The molecule has 0 aromatic heterocycles. The molecule has 14 nitrogen and oxygen atoms in total.